The largest absolute Gasteiger partial charge is 0.493 e. The molecule has 7 heteroatoms. The first-order chi connectivity index (χ1) is 12.3. The molecular weight excluding hydrogens is 332 g/mol. The van der Waals surface area contributed by atoms with Gasteiger partial charge in [0.2, 0.25) is 11.8 Å². The molecule has 0 amide bonds. The van der Waals surface area contributed by atoms with Gasteiger partial charge in [-0.3, -0.25) is 5.10 Å². The van der Waals surface area contributed by atoms with Crippen LogP contribution in [0.1, 0.15) is 43.5 Å². The quantitative estimate of drug-likeness (QED) is 0.878. The van der Waals surface area contributed by atoms with E-state index in [0.29, 0.717) is 23.0 Å². The lowest BCUT2D eigenvalue weighted by atomic mass is 9.79. The molecule has 1 aromatic heterocycles. The predicted molar refractivity (Wildman–Crippen MR) is 96.1 cm³/mol. The number of methoxy groups -OCH3 is 2. The van der Waals surface area contributed by atoms with Crippen molar-refractivity contribution in [2.45, 2.75) is 32.1 Å². The second kappa shape index (κ2) is 6.30. The number of benzene rings is 1. The number of nitriles is 1. The molecule has 3 rings (SSSR count). The molecule has 7 nitrogen and oxygen atoms in total. The topological polar surface area (TPSA) is 106 Å². The normalized spacial score (nSPS) is 16.5. The average molecular weight is 354 g/mol. The number of ether oxygens (including phenoxy) is 3. The van der Waals surface area contributed by atoms with Crippen LogP contribution in [0.5, 0.6) is 17.4 Å². The SMILES string of the molecule is COc1ccc(C2C(C#N)=C(N)Oc3n[nH]c(C(C)(C)C)c32)cc1OC. The van der Waals surface area contributed by atoms with Crippen molar-refractivity contribution in [3.8, 4) is 23.4 Å². The molecule has 0 fully saturated rings. The molecule has 1 aliphatic heterocycles. The Morgan fingerprint density at radius 1 is 1.23 bits per heavy atom. The van der Waals surface area contributed by atoms with Crippen molar-refractivity contribution >= 4 is 0 Å². The van der Waals surface area contributed by atoms with Crippen LogP contribution < -0.4 is 19.9 Å². The van der Waals surface area contributed by atoms with Crippen LogP contribution in [0.4, 0.5) is 0 Å². The summed E-state index contributed by atoms with van der Waals surface area (Å²) in [7, 11) is 3.15. The molecule has 0 saturated carbocycles. The standard InChI is InChI=1S/C19H22N4O3/c1-19(2,3)16-15-14(10-6-7-12(24-4)13(8-10)25-5)11(9-20)17(21)26-18(15)23-22-16/h6-8,14H,21H2,1-5H3,(H,22,23). The highest BCUT2D eigenvalue weighted by Gasteiger charge is 2.38. The maximum Gasteiger partial charge on any atom is 0.244 e. The number of nitrogens with two attached hydrogens (primary N) is 1. The molecule has 26 heavy (non-hydrogen) atoms. The number of H-pyrrole nitrogens is 1. The van der Waals surface area contributed by atoms with E-state index in [1.54, 1.807) is 14.2 Å². The molecule has 0 radical (unpaired) electrons. The molecular formula is C19H22N4O3. The molecule has 0 spiro atoms. The summed E-state index contributed by atoms with van der Waals surface area (Å²) in [6.07, 6.45) is 0. The summed E-state index contributed by atoms with van der Waals surface area (Å²) in [4.78, 5) is 0. The van der Waals surface area contributed by atoms with Gasteiger partial charge in [-0.05, 0) is 17.7 Å². The molecule has 1 aromatic carbocycles. The first-order valence-corrected chi connectivity index (χ1v) is 8.20. The number of aromatic amines is 1. The highest BCUT2D eigenvalue weighted by Crippen LogP contribution is 2.46. The van der Waals surface area contributed by atoms with E-state index in [0.717, 1.165) is 16.8 Å². The fourth-order valence-corrected chi connectivity index (χ4v) is 3.18. The van der Waals surface area contributed by atoms with Gasteiger partial charge in [-0.2, -0.15) is 5.26 Å². The Morgan fingerprint density at radius 3 is 2.50 bits per heavy atom. The van der Waals surface area contributed by atoms with Crippen molar-refractivity contribution in [3.63, 3.8) is 0 Å². The first-order valence-electron chi connectivity index (χ1n) is 8.20. The maximum atomic E-state index is 9.72. The van der Waals surface area contributed by atoms with Crippen LogP contribution in [0, 0.1) is 11.3 Å². The fourth-order valence-electron chi connectivity index (χ4n) is 3.18. The van der Waals surface area contributed by atoms with Gasteiger partial charge in [0.05, 0.1) is 25.7 Å². The smallest absolute Gasteiger partial charge is 0.244 e. The van der Waals surface area contributed by atoms with E-state index < -0.39 is 5.92 Å². The molecule has 0 aliphatic carbocycles. The lowest BCUT2D eigenvalue weighted by molar-refractivity contribution is 0.354. The van der Waals surface area contributed by atoms with Crippen molar-refractivity contribution in [1.29, 1.82) is 5.26 Å². The molecule has 1 unspecified atom stereocenters. The second-order valence-corrected chi connectivity index (χ2v) is 7.11. The predicted octanol–water partition coefficient (Wildman–Crippen LogP) is 2.94. The number of allylic oxidation sites excluding steroid dienone is 1. The minimum Gasteiger partial charge on any atom is -0.493 e. The Bertz CT molecular complexity index is 916. The number of nitrogens with one attached hydrogen (secondary N) is 1. The fraction of sp³-hybridized carbons (Fsp3) is 0.368. The summed E-state index contributed by atoms with van der Waals surface area (Å²) >= 11 is 0. The highest BCUT2D eigenvalue weighted by atomic mass is 16.5. The van der Waals surface area contributed by atoms with Gasteiger partial charge >= 0.3 is 0 Å². The summed E-state index contributed by atoms with van der Waals surface area (Å²) in [6.45, 7) is 6.21. The first kappa shape index (κ1) is 17.7. The Morgan fingerprint density at radius 2 is 1.92 bits per heavy atom. The third-order valence-corrected chi connectivity index (χ3v) is 4.43. The van der Waals surface area contributed by atoms with E-state index in [4.69, 9.17) is 19.9 Å². The maximum absolute atomic E-state index is 9.72. The Labute approximate surface area is 152 Å². The van der Waals surface area contributed by atoms with Crippen molar-refractivity contribution in [2.24, 2.45) is 5.73 Å². The molecule has 2 heterocycles. The number of rotatable bonds is 3. The van der Waals surface area contributed by atoms with Crippen molar-refractivity contribution in [1.82, 2.24) is 10.2 Å². The van der Waals surface area contributed by atoms with Crippen molar-refractivity contribution in [2.75, 3.05) is 14.2 Å². The summed E-state index contributed by atoms with van der Waals surface area (Å²) < 4.78 is 16.3. The Hall–Kier alpha value is -3.14. The van der Waals surface area contributed by atoms with Gasteiger partial charge in [0, 0.05) is 11.1 Å². The number of aromatic nitrogens is 2. The molecule has 0 bridgehead atoms. The Kier molecular flexibility index (Phi) is 4.28. The lowest BCUT2D eigenvalue weighted by Crippen LogP contribution is -2.23. The summed E-state index contributed by atoms with van der Waals surface area (Å²) in [5, 5.41) is 17.0. The van der Waals surface area contributed by atoms with E-state index in [2.05, 4.69) is 37.0 Å². The zero-order chi connectivity index (χ0) is 19.1. The van der Waals surface area contributed by atoms with E-state index in [-0.39, 0.29) is 11.3 Å². The van der Waals surface area contributed by atoms with Crippen LogP contribution >= 0.6 is 0 Å². The summed E-state index contributed by atoms with van der Waals surface area (Å²) in [5.74, 6) is 1.24. The second-order valence-electron chi connectivity index (χ2n) is 7.11. The Balaban J connectivity index is 2.26. The zero-order valence-corrected chi connectivity index (χ0v) is 15.5. The van der Waals surface area contributed by atoms with Gasteiger partial charge in [0.25, 0.3) is 0 Å². The average Bonchev–Trinajstić information content (AvgIpc) is 3.03. The molecule has 1 atom stereocenters. The molecule has 0 saturated heterocycles. The van der Waals surface area contributed by atoms with Crippen LogP contribution in [-0.4, -0.2) is 24.4 Å². The third kappa shape index (κ3) is 2.73. The lowest BCUT2D eigenvalue weighted by Gasteiger charge is -2.27. The zero-order valence-electron chi connectivity index (χ0n) is 15.5. The number of nitrogens with zero attached hydrogens (tertiary/aromatic N) is 2. The molecule has 136 valence electrons. The van der Waals surface area contributed by atoms with E-state index in [1.807, 2.05) is 18.2 Å². The van der Waals surface area contributed by atoms with Crippen LogP contribution in [0.15, 0.2) is 29.7 Å². The van der Waals surface area contributed by atoms with Crippen molar-refractivity contribution in [3.05, 3.63) is 46.5 Å². The van der Waals surface area contributed by atoms with Gasteiger partial charge in [0.1, 0.15) is 11.6 Å². The van der Waals surface area contributed by atoms with Crippen LogP contribution in [0.3, 0.4) is 0 Å². The molecule has 2 aromatic rings. The summed E-state index contributed by atoms with van der Waals surface area (Å²) in [6, 6.07) is 7.75. The van der Waals surface area contributed by atoms with Crippen molar-refractivity contribution < 1.29 is 14.2 Å². The molecule has 1 aliphatic rings. The summed E-state index contributed by atoms with van der Waals surface area (Å²) in [5.41, 5.74) is 8.69. The number of hydrogen-bond donors (Lipinski definition) is 2. The minimum atomic E-state index is -0.406. The van der Waals surface area contributed by atoms with Gasteiger partial charge in [-0.15, -0.1) is 5.10 Å². The van der Waals surface area contributed by atoms with Gasteiger partial charge in [-0.25, -0.2) is 0 Å². The highest BCUT2D eigenvalue weighted by molar-refractivity contribution is 5.58. The monoisotopic (exact) mass is 354 g/mol. The van der Waals surface area contributed by atoms with Gasteiger partial charge in [0.15, 0.2) is 11.5 Å². The minimum absolute atomic E-state index is 0.0618. The van der Waals surface area contributed by atoms with Crippen LogP contribution in [-0.2, 0) is 5.41 Å². The van der Waals surface area contributed by atoms with E-state index in [9.17, 15) is 5.26 Å². The van der Waals surface area contributed by atoms with Crippen LogP contribution in [0.2, 0.25) is 0 Å². The number of hydrogen-bond acceptors (Lipinski definition) is 6. The van der Waals surface area contributed by atoms with E-state index in [1.165, 1.54) is 0 Å². The molecule has 3 N–H and O–H groups in total. The number of fused-ring (bicyclic) bond motifs is 1. The third-order valence-electron chi connectivity index (χ3n) is 4.43. The van der Waals surface area contributed by atoms with Gasteiger partial charge < -0.3 is 19.9 Å². The van der Waals surface area contributed by atoms with E-state index >= 15 is 0 Å². The van der Waals surface area contributed by atoms with Gasteiger partial charge in [-0.1, -0.05) is 26.8 Å². The van der Waals surface area contributed by atoms with Crippen LogP contribution in [0.25, 0.3) is 0 Å².